The topological polar surface area (TPSA) is 23.6 Å². The average Bonchev–Trinajstić information content (AvgIpc) is 2.61. The van der Waals surface area contributed by atoms with Crippen molar-refractivity contribution in [2.45, 2.75) is 6.42 Å². The van der Waals surface area contributed by atoms with Crippen molar-refractivity contribution in [3.05, 3.63) is 69.9 Å². The van der Waals surface area contributed by atoms with E-state index in [2.05, 4.69) is 20.8 Å². The zero-order valence-electron chi connectivity index (χ0n) is 13.4. The second-order valence-corrected chi connectivity index (χ2v) is 6.94. The summed E-state index contributed by atoms with van der Waals surface area (Å²) in [6.45, 7) is 4.18. The Morgan fingerprint density at radius 3 is 2.42 bits per heavy atom. The van der Waals surface area contributed by atoms with Crippen LogP contribution in [-0.2, 0) is 6.42 Å². The monoisotopic (exact) mass is 390 g/mol. The van der Waals surface area contributed by atoms with E-state index < -0.39 is 0 Å². The lowest BCUT2D eigenvalue weighted by atomic mass is 10.1. The predicted molar refractivity (Wildman–Crippen MR) is 96.6 cm³/mol. The Morgan fingerprint density at radius 1 is 1.04 bits per heavy atom. The number of carbonyl (C=O) groups is 1. The van der Waals surface area contributed by atoms with E-state index in [9.17, 15) is 9.18 Å². The maximum absolute atomic E-state index is 12.9. The number of rotatable bonds is 4. The van der Waals surface area contributed by atoms with Crippen LogP contribution in [0.3, 0.4) is 0 Å². The highest BCUT2D eigenvalue weighted by Gasteiger charge is 2.21. The van der Waals surface area contributed by atoms with E-state index >= 15 is 0 Å². The normalized spacial score (nSPS) is 15.5. The molecule has 1 amide bonds. The Morgan fingerprint density at radius 2 is 1.75 bits per heavy atom. The van der Waals surface area contributed by atoms with Crippen LogP contribution in [0.5, 0.6) is 0 Å². The van der Waals surface area contributed by atoms with Gasteiger partial charge in [-0.2, -0.15) is 0 Å². The van der Waals surface area contributed by atoms with E-state index in [1.54, 1.807) is 0 Å². The molecule has 0 atom stereocenters. The molecule has 24 heavy (non-hydrogen) atoms. The number of amides is 1. The van der Waals surface area contributed by atoms with Gasteiger partial charge >= 0.3 is 0 Å². The van der Waals surface area contributed by atoms with Gasteiger partial charge in [0.2, 0.25) is 0 Å². The van der Waals surface area contributed by atoms with Gasteiger partial charge in [0.25, 0.3) is 5.91 Å². The van der Waals surface area contributed by atoms with Gasteiger partial charge < -0.3 is 4.90 Å². The van der Waals surface area contributed by atoms with Gasteiger partial charge in [-0.05, 0) is 42.3 Å². The molecule has 5 heteroatoms. The molecule has 0 aromatic heterocycles. The molecule has 1 aliphatic rings. The summed E-state index contributed by atoms with van der Waals surface area (Å²) < 4.78 is 13.8. The quantitative estimate of drug-likeness (QED) is 0.796. The van der Waals surface area contributed by atoms with Gasteiger partial charge in [0.1, 0.15) is 5.82 Å². The number of benzene rings is 2. The first kappa shape index (κ1) is 17.1. The van der Waals surface area contributed by atoms with E-state index in [1.165, 1.54) is 12.1 Å². The van der Waals surface area contributed by atoms with E-state index in [4.69, 9.17) is 0 Å². The summed E-state index contributed by atoms with van der Waals surface area (Å²) in [4.78, 5) is 16.8. The lowest BCUT2D eigenvalue weighted by molar-refractivity contribution is 0.0638. The zero-order chi connectivity index (χ0) is 16.9. The highest BCUT2D eigenvalue weighted by molar-refractivity contribution is 9.10. The smallest absolute Gasteiger partial charge is 0.253 e. The van der Waals surface area contributed by atoms with Crippen molar-refractivity contribution in [2.75, 3.05) is 32.7 Å². The maximum Gasteiger partial charge on any atom is 0.253 e. The highest BCUT2D eigenvalue weighted by Crippen LogP contribution is 2.15. The van der Waals surface area contributed by atoms with Crippen LogP contribution >= 0.6 is 15.9 Å². The van der Waals surface area contributed by atoms with Gasteiger partial charge in [0, 0.05) is 42.8 Å². The average molecular weight is 391 g/mol. The maximum atomic E-state index is 12.9. The molecule has 0 saturated carbocycles. The third-order valence-corrected chi connectivity index (χ3v) is 4.85. The molecular weight excluding hydrogens is 371 g/mol. The standard InChI is InChI=1S/C19H20BrFN2O/c20-17-3-1-2-16(14-17)19(24)23-12-10-22(11-13-23)9-8-15-4-6-18(21)7-5-15/h1-7,14H,8-13H2. The highest BCUT2D eigenvalue weighted by atomic mass is 79.9. The van der Waals surface area contributed by atoms with E-state index in [0.717, 1.165) is 54.7 Å². The van der Waals surface area contributed by atoms with Crippen LogP contribution in [0.15, 0.2) is 53.0 Å². The molecule has 0 radical (unpaired) electrons. The summed E-state index contributed by atoms with van der Waals surface area (Å²) in [6, 6.07) is 14.2. The van der Waals surface area contributed by atoms with Crippen LogP contribution in [0, 0.1) is 5.82 Å². The number of nitrogens with zero attached hydrogens (tertiary/aromatic N) is 2. The summed E-state index contributed by atoms with van der Waals surface area (Å²) in [5, 5.41) is 0. The van der Waals surface area contributed by atoms with Crippen molar-refractivity contribution in [3.63, 3.8) is 0 Å². The van der Waals surface area contributed by atoms with Crippen LogP contribution in [0.1, 0.15) is 15.9 Å². The van der Waals surface area contributed by atoms with E-state index in [1.807, 2.05) is 41.3 Å². The summed E-state index contributed by atoms with van der Waals surface area (Å²) in [5.74, 6) is -0.104. The van der Waals surface area contributed by atoms with Crippen molar-refractivity contribution < 1.29 is 9.18 Å². The minimum Gasteiger partial charge on any atom is -0.336 e. The van der Waals surface area contributed by atoms with Gasteiger partial charge in [-0.3, -0.25) is 9.69 Å². The van der Waals surface area contributed by atoms with Crippen molar-refractivity contribution in [2.24, 2.45) is 0 Å². The van der Waals surface area contributed by atoms with Gasteiger partial charge in [0.15, 0.2) is 0 Å². The lowest BCUT2D eigenvalue weighted by Crippen LogP contribution is -2.49. The Bertz CT molecular complexity index is 697. The molecule has 3 nitrogen and oxygen atoms in total. The SMILES string of the molecule is O=C(c1cccc(Br)c1)N1CCN(CCc2ccc(F)cc2)CC1. The Labute approximate surface area is 150 Å². The Kier molecular flexibility index (Phi) is 5.63. The second-order valence-electron chi connectivity index (χ2n) is 6.02. The largest absolute Gasteiger partial charge is 0.336 e. The molecule has 1 saturated heterocycles. The van der Waals surface area contributed by atoms with Crippen molar-refractivity contribution in [1.82, 2.24) is 9.80 Å². The molecule has 0 N–H and O–H groups in total. The first-order chi connectivity index (χ1) is 11.6. The molecule has 2 aromatic carbocycles. The zero-order valence-corrected chi connectivity index (χ0v) is 15.0. The minimum atomic E-state index is -0.196. The van der Waals surface area contributed by atoms with Gasteiger partial charge in [-0.15, -0.1) is 0 Å². The molecule has 0 unspecified atom stereocenters. The molecule has 3 rings (SSSR count). The fraction of sp³-hybridized carbons (Fsp3) is 0.316. The fourth-order valence-electron chi connectivity index (χ4n) is 2.92. The third kappa shape index (κ3) is 4.42. The summed E-state index contributed by atoms with van der Waals surface area (Å²) >= 11 is 3.41. The lowest BCUT2D eigenvalue weighted by Gasteiger charge is -2.34. The minimum absolute atomic E-state index is 0.0921. The number of carbonyl (C=O) groups excluding carboxylic acids is 1. The summed E-state index contributed by atoms with van der Waals surface area (Å²) in [6.07, 6.45) is 0.903. The summed E-state index contributed by atoms with van der Waals surface area (Å²) in [5.41, 5.74) is 1.87. The molecule has 2 aromatic rings. The number of halogens is 2. The van der Waals surface area contributed by atoms with Crippen LogP contribution in [0.25, 0.3) is 0 Å². The number of hydrogen-bond acceptors (Lipinski definition) is 2. The van der Waals surface area contributed by atoms with Gasteiger partial charge in [0.05, 0.1) is 0 Å². The Balaban J connectivity index is 1.48. The van der Waals surface area contributed by atoms with E-state index in [0.29, 0.717) is 0 Å². The van der Waals surface area contributed by atoms with Crippen molar-refractivity contribution in [3.8, 4) is 0 Å². The molecule has 126 valence electrons. The third-order valence-electron chi connectivity index (χ3n) is 4.36. The number of piperazine rings is 1. The van der Waals surface area contributed by atoms with Crippen molar-refractivity contribution in [1.29, 1.82) is 0 Å². The van der Waals surface area contributed by atoms with Crippen LogP contribution in [-0.4, -0.2) is 48.4 Å². The summed E-state index contributed by atoms with van der Waals surface area (Å²) in [7, 11) is 0. The first-order valence-electron chi connectivity index (χ1n) is 8.13. The molecule has 0 bridgehead atoms. The molecular formula is C19H20BrFN2O. The second kappa shape index (κ2) is 7.90. The van der Waals surface area contributed by atoms with Crippen LogP contribution in [0.2, 0.25) is 0 Å². The van der Waals surface area contributed by atoms with Crippen LogP contribution < -0.4 is 0 Å². The van der Waals surface area contributed by atoms with Gasteiger partial charge in [-0.1, -0.05) is 34.1 Å². The molecule has 1 fully saturated rings. The van der Waals surface area contributed by atoms with Crippen molar-refractivity contribution >= 4 is 21.8 Å². The van der Waals surface area contributed by atoms with Crippen LogP contribution in [0.4, 0.5) is 4.39 Å². The molecule has 0 spiro atoms. The Hall–Kier alpha value is -1.72. The van der Waals surface area contributed by atoms with E-state index in [-0.39, 0.29) is 11.7 Å². The first-order valence-corrected chi connectivity index (χ1v) is 8.93. The molecule has 1 heterocycles. The predicted octanol–water partition coefficient (Wildman–Crippen LogP) is 3.59. The number of hydrogen-bond donors (Lipinski definition) is 0. The van der Waals surface area contributed by atoms with Gasteiger partial charge in [-0.25, -0.2) is 4.39 Å². The fourth-order valence-corrected chi connectivity index (χ4v) is 3.32. The molecule has 1 aliphatic heterocycles. The molecule has 0 aliphatic carbocycles.